The molecule has 20 heavy (non-hydrogen) atoms. The second-order valence-electron chi connectivity index (χ2n) is 6.08. The Kier molecular flexibility index (Phi) is 3.73. The Hall–Kier alpha value is -1.07. The molecule has 3 rings (SSSR count). The van der Waals surface area contributed by atoms with Gasteiger partial charge in [-0.1, -0.05) is 6.07 Å². The van der Waals surface area contributed by atoms with Gasteiger partial charge in [0.2, 0.25) is 5.92 Å². The first-order valence-corrected chi connectivity index (χ1v) is 7.38. The molecule has 2 atom stereocenters. The molecule has 0 aromatic carbocycles. The minimum absolute atomic E-state index is 0.0162. The van der Waals surface area contributed by atoms with Gasteiger partial charge in [0.25, 0.3) is 0 Å². The zero-order valence-corrected chi connectivity index (χ0v) is 11.5. The molecule has 2 aliphatic rings. The zero-order valence-electron chi connectivity index (χ0n) is 11.5. The topological polar surface area (TPSA) is 50.9 Å². The highest BCUT2D eigenvalue weighted by Crippen LogP contribution is 2.43. The van der Waals surface area contributed by atoms with Crippen LogP contribution in [0.3, 0.4) is 0 Å². The lowest BCUT2D eigenvalue weighted by Gasteiger charge is -2.36. The van der Waals surface area contributed by atoms with Gasteiger partial charge in [0.05, 0.1) is 0 Å². The highest BCUT2D eigenvalue weighted by atomic mass is 19.3. The number of alkyl halides is 2. The predicted molar refractivity (Wildman–Crippen MR) is 73.3 cm³/mol. The number of hydrazine groups is 1. The van der Waals surface area contributed by atoms with Crippen LogP contribution in [0.25, 0.3) is 0 Å². The fourth-order valence-electron chi connectivity index (χ4n) is 3.80. The Morgan fingerprint density at radius 1 is 1.30 bits per heavy atom. The van der Waals surface area contributed by atoms with E-state index in [-0.39, 0.29) is 30.7 Å². The van der Waals surface area contributed by atoms with E-state index in [9.17, 15) is 8.78 Å². The molecule has 0 saturated heterocycles. The minimum Gasteiger partial charge on any atom is -0.271 e. The summed E-state index contributed by atoms with van der Waals surface area (Å²) in [4.78, 5) is 4.49. The molecule has 1 aromatic heterocycles. The minimum atomic E-state index is -2.48. The highest BCUT2D eigenvalue weighted by Gasteiger charge is 2.41. The van der Waals surface area contributed by atoms with E-state index < -0.39 is 5.92 Å². The smallest absolute Gasteiger partial charge is 0.248 e. The Bertz CT molecular complexity index is 468. The van der Waals surface area contributed by atoms with Crippen LogP contribution in [0.5, 0.6) is 0 Å². The number of nitrogens with two attached hydrogens (primary N) is 1. The number of halogens is 2. The van der Waals surface area contributed by atoms with Crippen LogP contribution in [0, 0.1) is 5.92 Å². The molecule has 2 aliphatic carbocycles. The molecule has 0 spiro atoms. The first kappa shape index (κ1) is 13.9. The fraction of sp³-hybridized carbons (Fsp3) is 0.667. The van der Waals surface area contributed by atoms with Crippen LogP contribution in [0.15, 0.2) is 18.3 Å². The molecule has 110 valence electrons. The first-order valence-electron chi connectivity index (χ1n) is 7.38. The lowest BCUT2D eigenvalue weighted by molar-refractivity contribution is -0.0507. The van der Waals surface area contributed by atoms with Gasteiger partial charge in [-0.25, -0.2) is 8.78 Å². The van der Waals surface area contributed by atoms with Gasteiger partial charge in [-0.2, -0.15) is 0 Å². The molecule has 0 amide bonds. The molecule has 1 saturated carbocycles. The number of aryl methyl sites for hydroxylation is 1. The van der Waals surface area contributed by atoms with Gasteiger partial charge in [0.15, 0.2) is 0 Å². The maximum absolute atomic E-state index is 13.3. The van der Waals surface area contributed by atoms with E-state index in [1.807, 2.05) is 6.07 Å². The first-order chi connectivity index (χ1) is 9.61. The van der Waals surface area contributed by atoms with E-state index in [1.54, 1.807) is 6.20 Å². The average Bonchev–Trinajstić information content (AvgIpc) is 2.86. The van der Waals surface area contributed by atoms with Crippen molar-refractivity contribution in [2.45, 2.75) is 56.4 Å². The standard InChI is InChI=1S/C15H21F2N3/c16-15(17)7-5-11(6-8-15)14(20-18)12-4-3-10-2-1-9-19-13(10)12/h1-2,9,11-12,14,20H,3-8,18H2. The van der Waals surface area contributed by atoms with Crippen LogP contribution < -0.4 is 11.3 Å². The molecule has 2 unspecified atom stereocenters. The highest BCUT2D eigenvalue weighted by molar-refractivity contribution is 5.30. The third kappa shape index (κ3) is 2.56. The van der Waals surface area contributed by atoms with Crippen molar-refractivity contribution >= 4 is 0 Å². The lowest BCUT2D eigenvalue weighted by Crippen LogP contribution is -2.46. The van der Waals surface area contributed by atoms with E-state index in [2.05, 4.69) is 16.5 Å². The molecule has 1 heterocycles. The maximum Gasteiger partial charge on any atom is 0.248 e. The molecule has 0 bridgehead atoms. The summed E-state index contributed by atoms with van der Waals surface area (Å²) in [6, 6.07) is 4.11. The molecular formula is C15H21F2N3. The van der Waals surface area contributed by atoms with Crippen LogP contribution >= 0.6 is 0 Å². The second-order valence-corrected chi connectivity index (χ2v) is 6.08. The second kappa shape index (κ2) is 5.37. The van der Waals surface area contributed by atoms with Gasteiger partial charge in [0.1, 0.15) is 0 Å². The van der Waals surface area contributed by atoms with Gasteiger partial charge in [0, 0.05) is 36.7 Å². The summed E-state index contributed by atoms with van der Waals surface area (Å²) in [7, 11) is 0. The number of nitrogens with zero attached hydrogens (tertiary/aromatic N) is 1. The Labute approximate surface area is 117 Å². The van der Waals surface area contributed by atoms with Crippen LogP contribution in [0.4, 0.5) is 8.78 Å². The molecule has 0 aliphatic heterocycles. The molecule has 1 fully saturated rings. The summed E-state index contributed by atoms with van der Waals surface area (Å²) < 4.78 is 26.6. The van der Waals surface area contributed by atoms with Crippen molar-refractivity contribution in [3.63, 3.8) is 0 Å². The van der Waals surface area contributed by atoms with E-state index in [1.165, 1.54) is 5.56 Å². The van der Waals surface area contributed by atoms with E-state index >= 15 is 0 Å². The SMILES string of the molecule is NNC(C1CCC(F)(F)CC1)C1CCc2cccnc21. The van der Waals surface area contributed by atoms with Gasteiger partial charge in [-0.3, -0.25) is 16.3 Å². The maximum atomic E-state index is 13.3. The third-order valence-corrected chi connectivity index (χ3v) is 4.90. The summed E-state index contributed by atoms with van der Waals surface area (Å²) in [5, 5.41) is 0. The number of hydrogen-bond acceptors (Lipinski definition) is 3. The fourth-order valence-corrected chi connectivity index (χ4v) is 3.80. The summed E-state index contributed by atoms with van der Waals surface area (Å²) in [5.74, 6) is 3.74. The number of fused-ring (bicyclic) bond motifs is 1. The van der Waals surface area contributed by atoms with Crippen LogP contribution in [-0.4, -0.2) is 16.9 Å². The quantitative estimate of drug-likeness (QED) is 0.661. The molecule has 3 N–H and O–H groups in total. The summed E-state index contributed by atoms with van der Waals surface area (Å²) in [6.07, 6.45) is 4.87. The van der Waals surface area contributed by atoms with Crippen molar-refractivity contribution in [3.05, 3.63) is 29.6 Å². The van der Waals surface area contributed by atoms with E-state index in [0.29, 0.717) is 12.8 Å². The monoisotopic (exact) mass is 281 g/mol. The summed E-state index contributed by atoms with van der Waals surface area (Å²) in [5.41, 5.74) is 5.28. The van der Waals surface area contributed by atoms with Gasteiger partial charge in [-0.05, 0) is 43.2 Å². The Morgan fingerprint density at radius 2 is 2.05 bits per heavy atom. The lowest BCUT2D eigenvalue weighted by atomic mass is 9.77. The van der Waals surface area contributed by atoms with E-state index in [4.69, 9.17) is 5.84 Å². The molecule has 1 aromatic rings. The van der Waals surface area contributed by atoms with Gasteiger partial charge in [-0.15, -0.1) is 0 Å². The number of aromatic nitrogens is 1. The van der Waals surface area contributed by atoms with Crippen molar-refractivity contribution in [2.75, 3.05) is 0 Å². The predicted octanol–water partition coefficient (Wildman–Crippen LogP) is 2.77. The van der Waals surface area contributed by atoms with Crippen molar-refractivity contribution in [1.29, 1.82) is 0 Å². The zero-order chi connectivity index (χ0) is 14.2. The summed E-state index contributed by atoms with van der Waals surface area (Å²) >= 11 is 0. The normalized spacial score (nSPS) is 27.2. The number of nitrogens with one attached hydrogen (secondary N) is 1. The number of pyridine rings is 1. The number of hydrogen-bond donors (Lipinski definition) is 2. The largest absolute Gasteiger partial charge is 0.271 e. The third-order valence-electron chi connectivity index (χ3n) is 4.90. The van der Waals surface area contributed by atoms with Crippen LogP contribution in [0.2, 0.25) is 0 Å². The Morgan fingerprint density at radius 3 is 2.75 bits per heavy atom. The van der Waals surface area contributed by atoms with Crippen molar-refractivity contribution in [3.8, 4) is 0 Å². The molecule has 5 heteroatoms. The van der Waals surface area contributed by atoms with E-state index in [0.717, 1.165) is 18.5 Å². The van der Waals surface area contributed by atoms with Gasteiger partial charge >= 0.3 is 0 Å². The molecule has 3 nitrogen and oxygen atoms in total. The van der Waals surface area contributed by atoms with Crippen molar-refractivity contribution < 1.29 is 8.78 Å². The average molecular weight is 281 g/mol. The summed E-state index contributed by atoms with van der Waals surface area (Å²) in [6.45, 7) is 0. The van der Waals surface area contributed by atoms with Crippen LogP contribution in [0.1, 0.15) is 49.3 Å². The number of rotatable bonds is 3. The van der Waals surface area contributed by atoms with Gasteiger partial charge < -0.3 is 0 Å². The van der Waals surface area contributed by atoms with Crippen molar-refractivity contribution in [2.24, 2.45) is 11.8 Å². The van der Waals surface area contributed by atoms with Crippen molar-refractivity contribution in [1.82, 2.24) is 10.4 Å². The Balaban J connectivity index is 1.75. The molecule has 0 radical (unpaired) electrons. The van der Waals surface area contributed by atoms with Crippen LogP contribution in [-0.2, 0) is 6.42 Å². The molecular weight excluding hydrogens is 260 g/mol.